The molecule has 1 aromatic rings. The summed E-state index contributed by atoms with van der Waals surface area (Å²) < 4.78 is 0. The summed E-state index contributed by atoms with van der Waals surface area (Å²) in [6.45, 7) is 6.11. The van der Waals surface area contributed by atoms with Crippen LogP contribution in [0.4, 0.5) is 0 Å². The molecule has 1 aromatic carbocycles. The van der Waals surface area contributed by atoms with Gasteiger partial charge in [0.05, 0.1) is 12.6 Å². The van der Waals surface area contributed by atoms with Gasteiger partial charge in [0, 0.05) is 13.2 Å². The van der Waals surface area contributed by atoms with E-state index in [2.05, 4.69) is 5.32 Å². The van der Waals surface area contributed by atoms with Crippen molar-refractivity contribution in [1.29, 1.82) is 0 Å². The number of aliphatic hydroxyl groups is 1. The average Bonchev–Trinajstić information content (AvgIpc) is 2.44. The summed E-state index contributed by atoms with van der Waals surface area (Å²) in [5.41, 5.74) is 1.11. The number of hydrogen-bond donors (Lipinski definition) is 2. The molecule has 0 aromatic heterocycles. The fourth-order valence-electron chi connectivity index (χ4n) is 1.96. The van der Waals surface area contributed by atoms with E-state index in [-0.39, 0.29) is 18.6 Å². The maximum absolute atomic E-state index is 11.9. The molecular weight excluding hydrogens is 240 g/mol. The Morgan fingerprint density at radius 3 is 2.63 bits per heavy atom. The molecule has 1 rings (SSSR count). The van der Waals surface area contributed by atoms with Crippen LogP contribution in [0.15, 0.2) is 30.3 Å². The molecule has 0 saturated heterocycles. The van der Waals surface area contributed by atoms with Crippen molar-refractivity contribution in [2.24, 2.45) is 0 Å². The number of nitrogens with one attached hydrogen (secondary N) is 1. The van der Waals surface area contributed by atoms with E-state index in [0.717, 1.165) is 18.7 Å². The molecule has 0 saturated carbocycles. The summed E-state index contributed by atoms with van der Waals surface area (Å²) >= 11 is 0. The van der Waals surface area contributed by atoms with Crippen molar-refractivity contribution >= 4 is 5.91 Å². The van der Waals surface area contributed by atoms with Crippen LogP contribution in [0.5, 0.6) is 0 Å². The van der Waals surface area contributed by atoms with E-state index in [1.807, 2.05) is 49.1 Å². The molecule has 0 aliphatic carbocycles. The van der Waals surface area contributed by atoms with E-state index in [1.165, 1.54) is 0 Å². The molecule has 0 aliphatic heterocycles. The van der Waals surface area contributed by atoms with Gasteiger partial charge in [-0.05, 0) is 25.5 Å². The SMILES string of the molecule is CCN(CCCO)CC(=O)NC(C)c1ccccc1. The number of nitrogens with zero attached hydrogens (tertiary/aromatic N) is 1. The molecule has 0 aliphatic rings. The molecule has 0 fully saturated rings. The van der Waals surface area contributed by atoms with Crippen LogP contribution in [0.3, 0.4) is 0 Å². The van der Waals surface area contributed by atoms with Gasteiger partial charge in [-0.15, -0.1) is 0 Å². The minimum absolute atomic E-state index is 0.0187. The first-order valence-corrected chi connectivity index (χ1v) is 6.85. The third-order valence-electron chi connectivity index (χ3n) is 3.12. The number of likely N-dealkylation sites (N-methyl/N-ethyl adjacent to an activating group) is 1. The number of hydrogen-bond acceptors (Lipinski definition) is 3. The summed E-state index contributed by atoms with van der Waals surface area (Å²) in [6, 6.07) is 9.94. The molecule has 0 heterocycles. The van der Waals surface area contributed by atoms with E-state index in [9.17, 15) is 4.79 Å². The second-order valence-electron chi connectivity index (χ2n) is 4.65. The monoisotopic (exact) mass is 264 g/mol. The number of carbonyl (C=O) groups excluding carboxylic acids is 1. The quantitative estimate of drug-likeness (QED) is 0.749. The molecule has 1 amide bonds. The lowest BCUT2D eigenvalue weighted by Crippen LogP contribution is -2.38. The van der Waals surface area contributed by atoms with Crippen LogP contribution >= 0.6 is 0 Å². The molecule has 1 atom stereocenters. The largest absolute Gasteiger partial charge is 0.396 e. The number of amides is 1. The zero-order valence-electron chi connectivity index (χ0n) is 11.8. The first kappa shape index (κ1) is 15.7. The highest BCUT2D eigenvalue weighted by molar-refractivity contribution is 5.78. The highest BCUT2D eigenvalue weighted by Crippen LogP contribution is 2.10. The lowest BCUT2D eigenvalue weighted by molar-refractivity contribution is -0.122. The highest BCUT2D eigenvalue weighted by atomic mass is 16.3. The van der Waals surface area contributed by atoms with Gasteiger partial charge in [0.1, 0.15) is 0 Å². The predicted molar refractivity (Wildman–Crippen MR) is 76.8 cm³/mol. The number of aliphatic hydroxyl groups excluding tert-OH is 1. The van der Waals surface area contributed by atoms with Crippen molar-refractivity contribution < 1.29 is 9.90 Å². The predicted octanol–water partition coefficient (Wildman–Crippen LogP) is 1.57. The van der Waals surface area contributed by atoms with Gasteiger partial charge in [0.25, 0.3) is 0 Å². The van der Waals surface area contributed by atoms with Crippen LogP contribution in [0, 0.1) is 0 Å². The van der Waals surface area contributed by atoms with E-state index >= 15 is 0 Å². The average molecular weight is 264 g/mol. The second kappa shape index (κ2) is 8.67. The van der Waals surface area contributed by atoms with Crippen molar-refractivity contribution in [3.63, 3.8) is 0 Å². The Balaban J connectivity index is 2.41. The number of benzene rings is 1. The van der Waals surface area contributed by atoms with Gasteiger partial charge in [-0.1, -0.05) is 37.3 Å². The van der Waals surface area contributed by atoms with Crippen molar-refractivity contribution in [2.75, 3.05) is 26.2 Å². The minimum atomic E-state index is 0.0187. The van der Waals surface area contributed by atoms with Gasteiger partial charge >= 0.3 is 0 Å². The zero-order chi connectivity index (χ0) is 14.1. The van der Waals surface area contributed by atoms with Crippen molar-refractivity contribution in [1.82, 2.24) is 10.2 Å². The minimum Gasteiger partial charge on any atom is -0.396 e. The fraction of sp³-hybridized carbons (Fsp3) is 0.533. The van der Waals surface area contributed by atoms with E-state index in [1.54, 1.807) is 0 Å². The summed E-state index contributed by atoms with van der Waals surface area (Å²) in [4.78, 5) is 14.0. The molecule has 1 unspecified atom stereocenters. The van der Waals surface area contributed by atoms with E-state index in [0.29, 0.717) is 13.0 Å². The first-order chi connectivity index (χ1) is 9.17. The van der Waals surface area contributed by atoms with Gasteiger partial charge in [-0.2, -0.15) is 0 Å². The Labute approximate surface area is 115 Å². The van der Waals surface area contributed by atoms with Crippen LogP contribution in [-0.4, -0.2) is 42.2 Å². The highest BCUT2D eigenvalue weighted by Gasteiger charge is 2.12. The molecule has 4 heteroatoms. The normalized spacial score (nSPS) is 12.4. The number of carbonyl (C=O) groups is 1. The standard InChI is InChI=1S/C15H24N2O2/c1-3-17(10-7-11-18)12-15(19)16-13(2)14-8-5-4-6-9-14/h4-6,8-9,13,18H,3,7,10-12H2,1-2H3,(H,16,19). The Morgan fingerprint density at radius 2 is 2.05 bits per heavy atom. The second-order valence-corrected chi connectivity index (χ2v) is 4.65. The van der Waals surface area contributed by atoms with Crippen molar-refractivity contribution in [3.05, 3.63) is 35.9 Å². The smallest absolute Gasteiger partial charge is 0.234 e. The van der Waals surface area contributed by atoms with Gasteiger partial charge in [0.15, 0.2) is 0 Å². The van der Waals surface area contributed by atoms with Crippen LogP contribution in [0.2, 0.25) is 0 Å². The Kier molecular flexibility index (Phi) is 7.15. The van der Waals surface area contributed by atoms with Crippen molar-refractivity contribution in [3.8, 4) is 0 Å². The number of rotatable bonds is 8. The molecule has 0 bridgehead atoms. The molecule has 0 radical (unpaired) electrons. The summed E-state index contributed by atoms with van der Waals surface area (Å²) in [6.07, 6.45) is 0.704. The summed E-state index contributed by atoms with van der Waals surface area (Å²) in [7, 11) is 0. The van der Waals surface area contributed by atoms with Gasteiger partial charge in [-0.25, -0.2) is 0 Å². The van der Waals surface area contributed by atoms with Crippen LogP contribution in [0.1, 0.15) is 31.9 Å². The lowest BCUT2D eigenvalue weighted by Gasteiger charge is -2.21. The molecule has 0 spiro atoms. The zero-order valence-corrected chi connectivity index (χ0v) is 11.8. The van der Waals surface area contributed by atoms with Crippen LogP contribution in [-0.2, 0) is 4.79 Å². The maximum atomic E-state index is 11.9. The maximum Gasteiger partial charge on any atom is 0.234 e. The molecule has 106 valence electrons. The molecule has 19 heavy (non-hydrogen) atoms. The van der Waals surface area contributed by atoms with Crippen LogP contribution in [0.25, 0.3) is 0 Å². The molecule has 2 N–H and O–H groups in total. The summed E-state index contributed by atoms with van der Waals surface area (Å²) in [5.74, 6) is 0.0242. The Morgan fingerprint density at radius 1 is 1.37 bits per heavy atom. The third kappa shape index (κ3) is 5.85. The summed E-state index contributed by atoms with van der Waals surface area (Å²) in [5, 5.41) is 11.8. The topological polar surface area (TPSA) is 52.6 Å². The van der Waals surface area contributed by atoms with Crippen molar-refractivity contribution in [2.45, 2.75) is 26.3 Å². The first-order valence-electron chi connectivity index (χ1n) is 6.85. The Hall–Kier alpha value is -1.39. The molecular formula is C15H24N2O2. The van der Waals surface area contributed by atoms with E-state index in [4.69, 9.17) is 5.11 Å². The fourth-order valence-corrected chi connectivity index (χ4v) is 1.96. The van der Waals surface area contributed by atoms with Gasteiger partial charge in [0.2, 0.25) is 5.91 Å². The molecule has 4 nitrogen and oxygen atoms in total. The van der Waals surface area contributed by atoms with Gasteiger partial charge < -0.3 is 10.4 Å². The lowest BCUT2D eigenvalue weighted by atomic mass is 10.1. The van der Waals surface area contributed by atoms with E-state index < -0.39 is 0 Å². The third-order valence-corrected chi connectivity index (χ3v) is 3.12. The van der Waals surface area contributed by atoms with Gasteiger partial charge in [-0.3, -0.25) is 9.69 Å². The van der Waals surface area contributed by atoms with Crippen LogP contribution < -0.4 is 5.32 Å². The Bertz CT molecular complexity index is 368.